The zero-order valence-corrected chi connectivity index (χ0v) is 22.5. The number of piperazine rings is 1. The van der Waals surface area contributed by atoms with Gasteiger partial charge < -0.3 is 15.7 Å². The summed E-state index contributed by atoms with van der Waals surface area (Å²) in [7, 11) is 0. The Hall–Kier alpha value is -3.22. The number of alkyl halides is 3. The number of carbonyl (C=O) groups is 2. The number of hydrogen-bond acceptors (Lipinski definition) is 5. The molecule has 0 bridgehead atoms. The van der Waals surface area contributed by atoms with Crippen LogP contribution >= 0.6 is 23.2 Å². The number of rotatable bonds is 8. The average Bonchev–Trinajstić information content (AvgIpc) is 3.31. The third-order valence-electron chi connectivity index (χ3n) is 6.14. The van der Waals surface area contributed by atoms with Crippen LogP contribution in [-0.2, 0) is 4.79 Å². The van der Waals surface area contributed by atoms with Crippen LogP contribution in [0.15, 0.2) is 48.7 Å². The summed E-state index contributed by atoms with van der Waals surface area (Å²) in [6.07, 6.45) is -0.236. The van der Waals surface area contributed by atoms with Crippen LogP contribution in [0.5, 0.6) is 0 Å². The first-order valence-electron chi connectivity index (χ1n) is 12.2. The second-order valence-electron chi connectivity index (χ2n) is 8.83. The highest BCUT2D eigenvalue weighted by molar-refractivity contribution is 6.43. The van der Waals surface area contributed by atoms with E-state index in [2.05, 4.69) is 14.9 Å². The van der Waals surface area contributed by atoms with Crippen molar-refractivity contribution in [1.29, 1.82) is 0 Å². The number of aromatic nitrogens is 2. The van der Waals surface area contributed by atoms with Gasteiger partial charge in [0.25, 0.3) is 0 Å². The molecule has 1 aliphatic rings. The summed E-state index contributed by atoms with van der Waals surface area (Å²) in [5.74, 6) is -2.16. The summed E-state index contributed by atoms with van der Waals surface area (Å²) in [5, 5.41) is 12.8. The standard InChI is InChI=1S/C23H28Cl2N6O.C2HF3O2/c24-19-8-6-9-20(22(19)25)29-15-13-28(14-16-29)10-3-1-4-11-30(23(26)32)21-17-18-7-2-5-12-31(18)27-21;3-2(4,5)1(6)7/h2,5-9,12,17H,1,3-4,10-11,13-16H2,(H2,26,32);(H,6,7). The van der Waals surface area contributed by atoms with E-state index in [-0.39, 0.29) is 0 Å². The maximum atomic E-state index is 11.9. The van der Waals surface area contributed by atoms with Crippen molar-refractivity contribution in [2.24, 2.45) is 5.73 Å². The number of nitrogens with two attached hydrogens (primary N) is 1. The number of fused-ring (bicyclic) bond motifs is 1. The van der Waals surface area contributed by atoms with Gasteiger partial charge in [-0.3, -0.25) is 9.80 Å². The molecule has 14 heteroatoms. The molecule has 212 valence electrons. The minimum absolute atomic E-state index is 0.468. The van der Waals surface area contributed by atoms with Crippen molar-refractivity contribution in [2.45, 2.75) is 25.4 Å². The zero-order valence-electron chi connectivity index (χ0n) is 20.9. The van der Waals surface area contributed by atoms with E-state index in [9.17, 15) is 18.0 Å². The minimum atomic E-state index is -5.08. The maximum absolute atomic E-state index is 11.9. The molecule has 3 aromatic rings. The summed E-state index contributed by atoms with van der Waals surface area (Å²) in [6, 6.07) is 13.0. The summed E-state index contributed by atoms with van der Waals surface area (Å²) in [5.41, 5.74) is 7.56. The number of urea groups is 1. The number of benzene rings is 1. The van der Waals surface area contributed by atoms with Crippen molar-refractivity contribution in [3.8, 4) is 0 Å². The Morgan fingerprint density at radius 3 is 2.33 bits per heavy atom. The normalized spacial score (nSPS) is 14.1. The highest BCUT2D eigenvalue weighted by Crippen LogP contribution is 2.32. The number of unbranched alkanes of at least 4 members (excludes halogenated alkanes) is 2. The number of hydrogen-bond donors (Lipinski definition) is 2. The Bertz CT molecular complexity index is 1230. The van der Waals surface area contributed by atoms with E-state index in [1.165, 1.54) is 0 Å². The predicted octanol–water partition coefficient (Wildman–Crippen LogP) is 5.15. The molecule has 3 heterocycles. The Morgan fingerprint density at radius 2 is 1.72 bits per heavy atom. The zero-order chi connectivity index (χ0) is 28.6. The van der Waals surface area contributed by atoms with Crippen LogP contribution < -0.4 is 15.5 Å². The molecule has 0 unspecified atom stereocenters. The number of amides is 2. The molecule has 39 heavy (non-hydrogen) atoms. The largest absolute Gasteiger partial charge is 0.490 e. The van der Waals surface area contributed by atoms with Gasteiger partial charge in [-0.25, -0.2) is 14.1 Å². The van der Waals surface area contributed by atoms with Crippen LogP contribution in [0, 0.1) is 0 Å². The van der Waals surface area contributed by atoms with Gasteiger partial charge in [-0.05, 0) is 43.7 Å². The Balaban J connectivity index is 0.000000532. The Labute approximate surface area is 233 Å². The number of halogens is 5. The van der Waals surface area contributed by atoms with Gasteiger partial charge in [-0.2, -0.15) is 13.2 Å². The van der Waals surface area contributed by atoms with E-state index in [4.69, 9.17) is 38.8 Å². The lowest BCUT2D eigenvalue weighted by molar-refractivity contribution is -0.192. The van der Waals surface area contributed by atoms with Gasteiger partial charge in [-0.15, -0.1) is 5.10 Å². The van der Waals surface area contributed by atoms with E-state index in [1.807, 2.05) is 48.7 Å². The van der Waals surface area contributed by atoms with E-state index in [0.29, 0.717) is 22.4 Å². The van der Waals surface area contributed by atoms with E-state index in [1.54, 1.807) is 9.42 Å². The highest BCUT2D eigenvalue weighted by Gasteiger charge is 2.38. The molecule has 0 saturated carbocycles. The van der Waals surface area contributed by atoms with Crippen molar-refractivity contribution >= 4 is 52.2 Å². The molecular formula is C25H29Cl2F3N6O3. The van der Waals surface area contributed by atoms with Crippen molar-refractivity contribution in [3.05, 3.63) is 58.7 Å². The first-order chi connectivity index (χ1) is 18.5. The number of aliphatic carboxylic acids is 1. The van der Waals surface area contributed by atoms with Crippen LogP contribution in [0.1, 0.15) is 19.3 Å². The number of pyridine rings is 1. The van der Waals surface area contributed by atoms with E-state index < -0.39 is 18.2 Å². The van der Waals surface area contributed by atoms with Gasteiger partial charge >= 0.3 is 18.2 Å². The lowest BCUT2D eigenvalue weighted by Gasteiger charge is -2.36. The first-order valence-corrected chi connectivity index (χ1v) is 13.0. The summed E-state index contributed by atoms with van der Waals surface area (Å²) in [6.45, 7) is 5.48. The smallest absolute Gasteiger partial charge is 0.475 e. The molecule has 2 amide bonds. The number of nitrogens with zero attached hydrogens (tertiary/aromatic N) is 5. The molecule has 2 aromatic heterocycles. The van der Waals surface area contributed by atoms with Gasteiger partial charge in [0.2, 0.25) is 0 Å². The molecule has 4 rings (SSSR count). The van der Waals surface area contributed by atoms with Crippen LogP contribution in [-0.4, -0.2) is 77.1 Å². The van der Waals surface area contributed by atoms with Gasteiger partial charge in [0.05, 0.1) is 21.2 Å². The molecular weight excluding hydrogens is 560 g/mol. The molecule has 9 nitrogen and oxygen atoms in total. The lowest BCUT2D eigenvalue weighted by atomic mass is 10.2. The first kappa shape index (κ1) is 30.3. The summed E-state index contributed by atoms with van der Waals surface area (Å²) in [4.78, 5) is 27.2. The molecule has 0 aliphatic carbocycles. The SMILES string of the molecule is NC(=O)N(CCCCCN1CCN(c2cccc(Cl)c2Cl)CC1)c1cc2ccccn2n1.O=C(O)C(F)(F)F. The molecule has 1 aliphatic heterocycles. The van der Waals surface area contributed by atoms with Crippen molar-refractivity contribution < 1.29 is 27.9 Å². The fourth-order valence-electron chi connectivity index (χ4n) is 4.13. The average molecular weight is 589 g/mol. The molecule has 1 saturated heterocycles. The topological polar surface area (TPSA) is 107 Å². The molecule has 3 N–H and O–H groups in total. The van der Waals surface area contributed by atoms with E-state index >= 15 is 0 Å². The van der Waals surface area contributed by atoms with E-state index in [0.717, 1.165) is 63.2 Å². The quantitative estimate of drug-likeness (QED) is 0.352. The number of carboxylic acid groups (broad SMARTS) is 1. The van der Waals surface area contributed by atoms with Crippen LogP contribution in [0.25, 0.3) is 5.52 Å². The van der Waals surface area contributed by atoms with Crippen molar-refractivity contribution in [2.75, 3.05) is 49.1 Å². The summed E-state index contributed by atoms with van der Waals surface area (Å²) < 4.78 is 33.5. The van der Waals surface area contributed by atoms with Crippen molar-refractivity contribution in [3.63, 3.8) is 0 Å². The van der Waals surface area contributed by atoms with Gasteiger partial charge in [0.15, 0.2) is 5.82 Å². The molecule has 0 radical (unpaired) electrons. The third kappa shape index (κ3) is 8.64. The third-order valence-corrected chi connectivity index (χ3v) is 6.95. The highest BCUT2D eigenvalue weighted by atomic mass is 35.5. The van der Waals surface area contributed by atoms with Crippen molar-refractivity contribution in [1.82, 2.24) is 14.5 Å². The second-order valence-corrected chi connectivity index (χ2v) is 9.61. The molecule has 1 fully saturated rings. The fraction of sp³-hybridized carbons (Fsp3) is 0.400. The maximum Gasteiger partial charge on any atom is 0.490 e. The predicted molar refractivity (Wildman–Crippen MR) is 145 cm³/mol. The number of primary amides is 1. The molecule has 0 spiro atoms. The summed E-state index contributed by atoms with van der Waals surface area (Å²) >= 11 is 12.5. The Morgan fingerprint density at radius 1 is 1.03 bits per heavy atom. The monoisotopic (exact) mass is 588 g/mol. The molecule has 0 atom stereocenters. The van der Waals surface area contributed by atoms with Crippen LogP contribution in [0.2, 0.25) is 10.0 Å². The fourth-order valence-corrected chi connectivity index (χ4v) is 4.54. The minimum Gasteiger partial charge on any atom is -0.475 e. The van der Waals surface area contributed by atoms with Gasteiger partial charge in [-0.1, -0.05) is 41.8 Å². The van der Waals surface area contributed by atoms with Crippen LogP contribution in [0.4, 0.5) is 29.5 Å². The number of carbonyl (C=O) groups excluding carboxylic acids is 1. The number of carboxylic acids is 1. The Kier molecular flexibility index (Phi) is 10.7. The van der Waals surface area contributed by atoms with Gasteiger partial charge in [0.1, 0.15) is 0 Å². The second kappa shape index (κ2) is 13.7. The number of anilines is 2. The van der Waals surface area contributed by atoms with Gasteiger partial charge in [0, 0.05) is 45.0 Å². The van der Waals surface area contributed by atoms with Crippen LogP contribution in [0.3, 0.4) is 0 Å². The molecule has 1 aromatic carbocycles. The lowest BCUT2D eigenvalue weighted by Crippen LogP contribution is -2.46.